The number of aromatic hydroxyl groups is 1. The van der Waals surface area contributed by atoms with Gasteiger partial charge in [0.2, 0.25) is 0 Å². The van der Waals surface area contributed by atoms with Crippen LogP contribution in [0.1, 0.15) is 47.2 Å². The molecule has 0 unspecified atom stereocenters. The van der Waals surface area contributed by atoms with Gasteiger partial charge >= 0.3 is 5.97 Å². The highest BCUT2D eigenvalue weighted by Gasteiger charge is 2.23. The van der Waals surface area contributed by atoms with Gasteiger partial charge in [0.1, 0.15) is 17.4 Å². The summed E-state index contributed by atoms with van der Waals surface area (Å²) in [6, 6.07) is 14.1. The number of esters is 1. The van der Waals surface area contributed by atoms with Crippen LogP contribution in [-0.2, 0) is 16.0 Å². The van der Waals surface area contributed by atoms with Crippen LogP contribution in [0, 0.1) is 11.8 Å². The van der Waals surface area contributed by atoms with Crippen LogP contribution >= 0.6 is 0 Å². The molecule has 0 spiro atoms. The molecule has 0 radical (unpaired) electrons. The molecule has 3 N–H and O–H groups in total. The molecule has 1 amide bonds. The van der Waals surface area contributed by atoms with E-state index in [1.165, 1.54) is 12.3 Å². The van der Waals surface area contributed by atoms with E-state index in [0.29, 0.717) is 24.8 Å². The van der Waals surface area contributed by atoms with Crippen LogP contribution in [0.3, 0.4) is 0 Å². The van der Waals surface area contributed by atoms with Crippen LogP contribution in [0.4, 0.5) is 0 Å². The van der Waals surface area contributed by atoms with Crippen molar-refractivity contribution in [3.05, 3.63) is 89.6 Å². The Labute approximate surface area is 193 Å². The first-order chi connectivity index (χ1) is 16.0. The summed E-state index contributed by atoms with van der Waals surface area (Å²) in [5, 5.41) is 23.1. The zero-order chi connectivity index (χ0) is 23.5. The smallest absolute Gasteiger partial charge is 0.342 e. The molecule has 0 bridgehead atoms. The number of hydrogen-bond donors (Lipinski definition) is 3. The second-order valence-corrected chi connectivity index (χ2v) is 7.71. The Morgan fingerprint density at radius 1 is 1.15 bits per heavy atom. The number of amides is 1. The number of aliphatic hydroxyl groups is 1. The molecule has 33 heavy (non-hydrogen) atoms. The molecule has 1 aliphatic heterocycles. The molecule has 0 fully saturated rings. The molecular formula is C27H27NO5. The fraction of sp³-hybridized carbons (Fsp3) is 0.259. The van der Waals surface area contributed by atoms with E-state index in [1.807, 2.05) is 42.5 Å². The Hall–Kier alpha value is -3.82. The predicted molar refractivity (Wildman–Crippen MR) is 125 cm³/mol. The molecular weight excluding hydrogens is 418 g/mol. The molecule has 0 aromatic heterocycles. The lowest BCUT2D eigenvalue weighted by Crippen LogP contribution is -2.25. The molecule has 2 atom stereocenters. The second-order valence-electron chi connectivity index (χ2n) is 7.71. The van der Waals surface area contributed by atoms with E-state index in [1.54, 1.807) is 18.2 Å². The highest BCUT2D eigenvalue weighted by atomic mass is 16.5. The Bertz CT molecular complexity index is 1080. The molecule has 3 rings (SSSR count). The number of cyclic esters (lactones) is 1. The van der Waals surface area contributed by atoms with Gasteiger partial charge in [-0.05, 0) is 43.0 Å². The maximum Gasteiger partial charge on any atom is 0.342 e. The Kier molecular flexibility index (Phi) is 8.87. The van der Waals surface area contributed by atoms with Gasteiger partial charge in [0, 0.05) is 30.5 Å². The lowest BCUT2D eigenvalue weighted by molar-refractivity contribution is -0.114. The van der Waals surface area contributed by atoms with Gasteiger partial charge in [-0.3, -0.25) is 4.79 Å². The van der Waals surface area contributed by atoms with Crippen LogP contribution < -0.4 is 5.32 Å². The first kappa shape index (κ1) is 23.8. The van der Waals surface area contributed by atoms with Gasteiger partial charge < -0.3 is 20.3 Å². The third-order valence-electron chi connectivity index (χ3n) is 5.14. The Balaban J connectivity index is 1.65. The third-order valence-corrected chi connectivity index (χ3v) is 5.14. The zero-order valence-electron chi connectivity index (χ0n) is 18.2. The molecule has 6 nitrogen and oxygen atoms in total. The molecule has 0 saturated heterocycles. The highest BCUT2D eigenvalue weighted by molar-refractivity contribution is 5.95. The number of rotatable bonds is 3. The van der Waals surface area contributed by atoms with Crippen molar-refractivity contribution in [3.63, 3.8) is 0 Å². The summed E-state index contributed by atoms with van der Waals surface area (Å²) in [5.74, 6) is 4.04. The van der Waals surface area contributed by atoms with Crippen LogP contribution in [0.5, 0.6) is 5.75 Å². The van der Waals surface area contributed by atoms with E-state index in [-0.39, 0.29) is 24.2 Å². The summed E-state index contributed by atoms with van der Waals surface area (Å²) in [4.78, 5) is 24.7. The minimum Gasteiger partial charge on any atom is -0.507 e. The molecule has 170 valence electrons. The summed E-state index contributed by atoms with van der Waals surface area (Å²) < 4.78 is 5.64. The number of hydrogen-bond acceptors (Lipinski definition) is 5. The average molecular weight is 446 g/mol. The fourth-order valence-electron chi connectivity index (χ4n) is 3.47. The van der Waals surface area contributed by atoms with Crippen LogP contribution in [0.15, 0.2) is 73.0 Å². The van der Waals surface area contributed by atoms with Crippen molar-refractivity contribution >= 4 is 11.9 Å². The lowest BCUT2D eigenvalue weighted by Gasteiger charge is -2.21. The monoisotopic (exact) mass is 445 g/mol. The maximum atomic E-state index is 12.8. The van der Waals surface area contributed by atoms with Gasteiger partial charge in [0.05, 0.1) is 6.10 Å². The first-order valence-electron chi connectivity index (χ1n) is 10.9. The largest absolute Gasteiger partial charge is 0.507 e. The van der Waals surface area contributed by atoms with Gasteiger partial charge in [-0.1, -0.05) is 54.5 Å². The number of phenols is 1. The number of aliphatic hydroxyl groups excluding tert-OH is 1. The maximum absolute atomic E-state index is 12.8. The van der Waals surface area contributed by atoms with Crippen molar-refractivity contribution in [2.75, 3.05) is 0 Å². The van der Waals surface area contributed by atoms with Crippen LogP contribution in [-0.4, -0.2) is 34.3 Å². The minimum absolute atomic E-state index is 0.135. The third kappa shape index (κ3) is 7.67. The van der Waals surface area contributed by atoms with E-state index in [9.17, 15) is 19.8 Å². The van der Waals surface area contributed by atoms with Crippen molar-refractivity contribution in [1.82, 2.24) is 5.32 Å². The van der Waals surface area contributed by atoms with E-state index < -0.39 is 24.1 Å². The normalized spacial score (nSPS) is 19.7. The lowest BCUT2D eigenvalue weighted by atomic mass is 10.0. The van der Waals surface area contributed by atoms with Crippen LogP contribution in [0.25, 0.3) is 0 Å². The van der Waals surface area contributed by atoms with Gasteiger partial charge in [-0.15, -0.1) is 0 Å². The quantitative estimate of drug-likeness (QED) is 0.381. The van der Waals surface area contributed by atoms with Gasteiger partial charge in [-0.25, -0.2) is 4.79 Å². The van der Waals surface area contributed by atoms with E-state index in [0.717, 1.165) is 5.56 Å². The number of benzene rings is 2. The SMILES string of the molecule is O=C(C#Cc1ccccc1)N/C=C/C[C@H]1C[C@@H](O)CC/C=C/Cc2cccc(O)c2C(=O)O1. The van der Waals surface area contributed by atoms with E-state index >= 15 is 0 Å². The topological polar surface area (TPSA) is 95.9 Å². The molecule has 0 saturated carbocycles. The molecule has 0 aliphatic carbocycles. The van der Waals surface area contributed by atoms with Crippen molar-refractivity contribution in [2.45, 2.75) is 44.3 Å². The van der Waals surface area contributed by atoms with Gasteiger partial charge in [-0.2, -0.15) is 0 Å². The molecule has 2 aromatic rings. The molecule has 2 aromatic carbocycles. The second kappa shape index (κ2) is 12.3. The highest BCUT2D eigenvalue weighted by Crippen LogP contribution is 2.25. The first-order valence-corrected chi connectivity index (χ1v) is 10.9. The van der Waals surface area contributed by atoms with Crippen molar-refractivity contribution in [2.24, 2.45) is 0 Å². The summed E-state index contributed by atoms with van der Waals surface area (Å²) >= 11 is 0. The van der Waals surface area contributed by atoms with Crippen molar-refractivity contribution in [1.29, 1.82) is 0 Å². The standard InChI is InChI=1S/C27H27NO5/c29-22-13-6-2-5-11-21-12-7-15-24(30)26(21)27(32)33-23(19-22)14-8-18-28-25(31)17-16-20-9-3-1-4-10-20/h1-5,7-10,12,15,18,22-23,29-30H,6,11,13-14,19H2,(H,28,31)/b5-2+,18-8+/t22-,23-/m0/s1. The number of carbonyl (C=O) groups is 2. The zero-order valence-corrected chi connectivity index (χ0v) is 18.2. The molecule has 6 heteroatoms. The summed E-state index contributed by atoms with van der Waals surface area (Å²) in [5.41, 5.74) is 1.55. The minimum atomic E-state index is -0.643. The molecule has 1 heterocycles. The van der Waals surface area contributed by atoms with Gasteiger partial charge in [0.15, 0.2) is 0 Å². The van der Waals surface area contributed by atoms with Crippen LogP contribution in [0.2, 0.25) is 0 Å². The average Bonchev–Trinajstić information content (AvgIpc) is 2.80. The number of ether oxygens (including phenoxy) is 1. The number of fused-ring (bicyclic) bond motifs is 1. The van der Waals surface area contributed by atoms with E-state index in [2.05, 4.69) is 17.2 Å². The number of carbonyl (C=O) groups excluding carboxylic acids is 2. The fourth-order valence-corrected chi connectivity index (χ4v) is 3.47. The van der Waals surface area contributed by atoms with E-state index in [4.69, 9.17) is 4.74 Å². The summed E-state index contributed by atoms with van der Waals surface area (Å²) in [6.45, 7) is 0. The van der Waals surface area contributed by atoms with Crippen molar-refractivity contribution in [3.8, 4) is 17.6 Å². The summed E-state index contributed by atoms with van der Waals surface area (Å²) in [7, 11) is 0. The van der Waals surface area contributed by atoms with Gasteiger partial charge in [0.25, 0.3) is 5.91 Å². The predicted octanol–water partition coefficient (Wildman–Crippen LogP) is 3.63. The Morgan fingerprint density at radius 2 is 1.97 bits per heavy atom. The summed E-state index contributed by atoms with van der Waals surface area (Å²) in [6.07, 6.45) is 7.99. The number of phenolic OH excluding ortho intramolecular Hbond substituents is 1. The molecule has 1 aliphatic rings. The number of nitrogens with one attached hydrogen (secondary N) is 1. The Morgan fingerprint density at radius 3 is 2.79 bits per heavy atom. The number of allylic oxidation sites excluding steroid dienone is 2. The van der Waals surface area contributed by atoms with Crippen molar-refractivity contribution < 1.29 is 24.5 Å².